The lowest BCUT2D eigenvalue weighted by molar-refractivity contribution is -0.120. The van der Waals surface area contributed by atoms with Gasteiger partial charge >= 0.3 is 0 Å². The molecule has 2 aromatic rings. The molecule has 6 nitrogen and oxygen atoms in total. The molecular weight excluding hydrogens is 410 g/mol. The molecule has 2 atom stereocenters. The van der Waals surface area contributed by atoms with Crippen LogP contribution in [0.5, 0.6) is 0 Å². The molecule has 0 aliphatic carbocycles. The SMILES string of the molecule is Cc1ccc(N(CC(=O)N[C@H](C)c2ccc(N3CCC[C@@H](C)C3)cc2)S(C)(=O)=O)cc1. The highest BCUT2D eigenvalue weighted by Crippen LogP contribution is 2.25. The van der Waals surface area contributed by atoms with Crippen LogP contribution in [0.15, 0.2) is 48.5 Å². The van der Waals surface area contributed by atoms with E-state index in [0.29, 0.717) is 11.6 Å². The van der Waals surface area contributed by atoms with Gasteiger partial charge in [-0.3, -0.25) is 9.10 Å². The number of hydrogen-bond donors (Lipinski definition) is 1. The Morgan fingerprint density at radius 2 is 1.81 bits per heavy atom. The minimum atomic E-state index is -3.58. The number of aryl methyl sites for hydroxylation is 1. The maximum absolute atomic E-state index is 12.6. The second-order valence-electron chi connectivity index (χ2n) is 8.68. The molecule has 1 N–H and O–H groups in total. The highest BCUT2D eigenvalue weighted by atomic mass is 32.2. The lowest BCUT2D eigenvalue weighted by atomic mass is 9.99. The normalized spacial score (nSPS) is 17.8. The number of nitrogens with zero attached hydrogens (tertiary/aromatic N) is 2. The second kappa shape index (κ2) is 9.73. The molecule has 0 saturated carbocycles. The number of carbonyl (C=O) groups is 1. The van der Waals surface area contributed by atoms with Crippen LogP contribution in [0.4, 0.5) is 11.4 Å². The Morgan fingerprint density at radius 3 is 2.39 bits per heavy atom. The van der Waals surface area contributed by atoms with Gasteiger partial charge < -0.3 is 10.2 Å². The Kier molecular flexibility index (Phi) is 7.26. The zero-order valence-corrected chi connectivity index (χ0v) is 19.7. The Morgan fingerprint density at radius 1 is 1.16 bits per heavy atom. The number of rotatable bonds is 7. The highest BCUT2D eigenvalue weighted by Gasteiger charge is 2.22. The Labute approximate surface area is 186 Å². The number of carbonyl (C=O) groups excluding carboxylic acids is 1. The lowest BCUT2D eigenvalue weighted by Gasteiger charge is -2.33. The first-order valence-corrected chi connectivity index (χ1v) is 12.7. The number of anilines is 2. The smallest absolute Gasteiger partial charge is 0.241 e. The summed E-state index contributed by atoms with van der Waals surface area (Å²) in [7, 11) is -3.58. The van der Waals surface area contributed by atoms with E-state index in [4.69, 9.17) is 0 Å². The number of benzene rings is 2. The van der Waals surface area contributed by atoms with E-state index in [1.54, 1.807) is 12.1 Å². The standard InChI is InChI=1S/C24H33N3O3S/c1-18-7-11-23(12-8-18)27(31(4,29)30)17-24(28)25-20(3)21-9-13-22(14-10-21)26-15-5-6-19(2)16-26/h7-14,19-20H,5-6,15-17H2,1-4H3,(H,25,28)/t19-,20-/m1/s1. The van der Waals surface area contributed by atoms with Crippen LogP contribution in [0.2, 0.25) is 0 Å². The molecule has 1 fully saturated rings. The average Bonchev–Trinajstić information content (AvgIpc) is 2.72. The van der Waals surface area contributed by atoms with Gasteiger partial charge in [-0.15, -0.1) is 0 Å². The first kappa shape index (κ1) is 23.1. The van der Waals surface area contributed by atoms with E-state index in [1.807, 2.05) is 38.1 Å². The third kappa shape index (κ3) is 6.23. The van der Waals surface area contributed by atoms with Crippen molar-refractivity contribution in [2.45, 2.75) is 39.7 Å². The van der Waals surface area contributed by atoms with Crippen LogP contribution < -0.4 is 14.5 Å². The summed E-state index contributed by atoms with van der Waals surface area (Å²) < 4.78 is 25.7. The van der Waals surface area contributed by atoms with Gasteiger partial charge in [0.1, 0.15) is 6.54 Å². The Hall–Kier alpha value is -2.54. The van der Waals surface area contributed by atoms with Crippen LogP contribution in [0.3, 0.4) is 0 Å². The molecular formula is C24H33N3O3S. The number of piperidine rings is 1. The third-order valence-electron chi connectivity index (χ3n) is 5.80. The van der Waals surface area contributed by atoms with Crippen LogP contribution in [-0.4, -0.2) is 40.2 Å². The summed E-state index contributed by atoms with van der Waals surface area (Å²) in [6.07, 6.45) is 3.61. The van der Waals surface area contributed by atoms with Crippen molar-refractivity contribution in [3.8, 4) is 0 Å². The van der Waals surface area contributed by atoms with Crippen molar-refractivity contribution in [3.05, 3.63) is 59.7 Å². The minimum Gasteiger partial charge on any atom is -0.371 e. The molecule has 0 spiro atoms. The van der Waals surface area contributed by atoms with Gasteiger partial charge in [-0.2, -0.15) is 0 Å². The maximum Gasteiger partial charge on any atom is 0.241 e. The molecule has 3 rings (SSSR count). The quantitative estimate of drug-likeness (QED) is 0.705. The van der Waals surface area contributed by atoms with E-state index in [1.165, 1.54) is 18.5 Å². The Bertz CT molecular complexity index is 988. The van der Waals surface area contributed by atoms with Crippen molar-refractivity contribution in [3.63, 3.8) is 0 Å². The first-order chi connectivity index (χ1) is 14.6. The van der Waals surface area contributed by atoms with Gasteiger partial charge in [0.2, 0.25) is 15.9 Å². The van der Waals surface area contributed by atoms with E-state index in [-0.39, 0.29) is 18.5 Å². The fourth-order valence-corrected chi connectivity index (χ4v) is 4.87. The van der Waals surface area contributed by atoms with E-state index < -0.39 is 10.0 Å². The molecule has 1 saturated heterocycles. The topological polar surface area (TPSA) is 69.7 Å². The third-order valence-corrected chi connectivity index (χ3v) is 6.94. The lowest BCUT2D eigenvalue weighted by Crippen LogP contribution is -2.41. The molecule has 2 aromatic carbocycles. The summed E-state index contributed by atoms with van der Waals surface area (Å²) in [5.74, 6) is 0.366. The summed E-state index contributed by atoms with van der Waals surface area (Å²) in [6, 6.07) is 15.1. The minimum absolute atomic E-state index is 0.221. The summed E-state index contributed by atoms with van der Waals surface area (Å²) in [5, 5.41) is 2.93. The molecule has 0 unspecified atom stereocenters. The molecule has 0 aromatic heterocycles. The van der Waals surface area contributed by atoms with Crippen molar-refractivity contribution < 1.29 is 13.2 Å². The van der Waals surface area contributed by atoms with Gasteiger partial charge in [0.05, 0.1) is 18.0 Å². The maximum atomic E-state index is 12.6. The van der Waals surface area contributed by atoms with Gasteiger partial charge in [-0.05, 0) is 62.4 Å². The fourth-order valence-electron chi connectivity index (χ4n) is 4.01. The van der Waals surface area contributed by atoms with Gasteiger partial charge in [0.25, 0.3) is 0 Å². The zero-order valence-electron chi connectivity index (χ0n) is 18.8. The van der Waals surface area contributed by atoms with Crippen molar-refractivity contribution >= 4 is 27.3 Å². The Balaban J connectivity index is 1.64. The van der Waals surface area contributed by atoms with Gasteiger partial charge in [-0.25, -0.2) is 8.42 Å². The molecule has 1 amide bonds. The molecule has 1 aliphatic heterocycles. The zero-order chi connectivity index (χ0) is 22.6. The van der Waals surface area contributed by atoms with E-state index in [0.717, 1.165) is 34.8 Å². The largest absolute Gasteiger partial charge is 0.371 e. The first-order valence-electron chi connectivity index (χ1n) is 10.8. The van der Waals surface area contributed by atoms with Crippen molar-refractivity contribution in [2.24, 2.45) is 5.92 Å². The number of nitrogens with one attached hydrogen (secondary N) is 1. The summed E-state index contributed by atoms with van der Waals surface area (Å²) in [6.45, 7) is 8.03. The monoisotopic (exact) mass is 443 g/mol. The molecule has 7 heteroatoms. The molecule has 1 heterocycles. The van der Waals surface area contributed by atoms with E-state index in [2.05, 4.69) is 29.3 Å². The van der Waals surface area contributed by atoms with Crippen molar-refractivity contribution in [1.29, 1.82) is 0 Å². The van der Waals surface area contributed by atoms with Crippen molar-refractivity contribution in [1.82, 2.24) is 5.32 Å². The van der Waals surface area contributed by atoms with Crippen LogP contribution in [-0.2, 0) is 14.8 Å². The van der Waals surface area contributed by atoms with Crippen molar-refractivity contribution in [2.75, 3.05) is 35.1 Å². The van der Waals surface area contributed by atoms with E-state index in [9.17, 15) is 13.2 Å². The predicted molar refractivity (Wildman–Crippen MR) is 127 cm³/mol. The molecule has 0 radical (unpaired) electrons. The number of hydrogen-bond acceptors (Lipinski definition) is 4. The van der Waals surface area contributed by atoms with E-state index >= 15 is 0 Å². The number of sulfonamides is 1. The van der Waals surface area contributed by atoms with Crippen LogP contribution in [0.1, 0.15) is 43.9 Å². The van der Waals surface area contributed by atoms with Gasteiger partial charge in [0.15, 0.2) is 0 Å². The molecule has 1 aliphatic rings. The predicted octanol–water partition coefficient (Wildman–Crippen LogP) is 3.87. The fraction of sp³-hybridized carbons (Fsp3) is 0.458. The summed E-state index contributed by atoms with van der Waals surface area (Å²) in [5.41, 5.74) is 3.70. The second-order valence-corrected chi connectivity index (χ2v) is 10.6. The average molecular weight is 444 g/mol. The van der Waals surface area contributed by atoms with Gasteiger partial charge in [0, 0.05) is 18.8 Å². The highest BCUT2D eigenvalue weighted by molar-refractivity contribution is 7.92. The summed E-state index contributed by atoms with van der Waals surface area (Å²) >= 11 is 0. The van der Waals surface area contributed by atoms with Crippen LogP contribution in [0, 0.1) is 12.8 Å². The molecule has 168 valence electrons. The van der Waals surface area contributed by atoms with Crippen LogP contribution in [0.25, 0.3) is 0 Å². The van der Waals surface area contributed by atoms with Gasteiger partial charge in [-0.1, -0.05) is 36.8 Å². The number of amides is 1. The molecule has 0 bridgehead atoms. The molecule has 31 heavy (non-hydrogen) atoms. The van der Waals surface area contributed by atoms with Crippen LogP contribution >= 0.6 is 0 Å². The summed E-state index contributed by atoms with van der Waals surface area (Å²) in [4.78, 5) is 15.1.